The number of halogens is 1. The van der Waals surface area contributed by atoms with Gasteiger partial charge >= 0.3 is 0 Å². The van der Waals surface area contributed by atoms with Crippen molar-refractivity contribution in [2.75, 3.05) is 30.7 Å². The van der Waals surface area contributed by atoms with E-state index in [2.05, 4.69) is 314 Å². The summed E-state index contributed by atoms with van der Waals surface area (Å²) in [6, 6.07) is 117. The van der Waals surface area contributed by atoms with Crippen molar-refractivity contribution in [2.45, 2.75) is 0 Å². The van der Waals surface area contributed by atoms with E-state index in [0.717, 1.165) is 89.8 Å². The Hall–Kier alpha value is -10.1. The van der Waals surface area contributed by atoms with Crippen LogP contribution in [0.4, 0.5) is 85.3 Å². The van der Waals surface area contributed by atoms with Crippen LogP contribution in [0.1, 0.15) is 0 Å². The molecule has 3 N–H and O–H groups in total. The zero-order valence-electron chi connectivity index (χ0n) is 43.6. The fraction of sp³-hybridized carbons (Fsp3) is 0. The zero-order valence-corrected chi connectivity index (χ0v) is 45.1. The topological polar surface area (TPSA) is 45.8 Å². The van der Waals surface area contributed by atoms with Gasteiger partial charge < -0.3 is 30.7 Å². The van der Waals surface area contributed by atoms with Crippen molar-refractivity contribution < 1.29 is 0 Å². The average Bonchev–Trinajstić information content (AvgIpc) is 3.52. The van der Waals surface area contributed by atoms with Crippen molar-refractivity contribution in [3.63, 3.8) is 0 Å². The smallest absolute Gasteiger partial charge is 0.0482 e. The van der Waals surface area contributed by atoms with E-state index in [1.165, 1.54) is 0 Å². The van der Waals surface area contributed by atoms with Gasteiger partial charge in [0, 0.05) is 89.8 Å². The Morgan fingerprint density at radius 3 is 0.658 bits per heavy atom. The lowest BCUT2D eigenvalue weighted by Crippen LogP contribution is -2.13. The van der Waals surface area contributed by atoms with Crippen LogP contribution < -0.4 is 30.7 Å². The molecule has 0 saturated carbocycles. The van der Waals surface area contributed by atoms with Gasteiger partial charge in [-0.25, -0.2) is 0 Å². The van der Waals surface area contributed by atoms with Gasteiger partial charge in [-0.1, -0.05) is 174 Å². The van der Waals surface area contributed by atoms with Crippen LogP contribution in [-0.2, 0) is 0 Å². The molecule has 0 atom stereocenters. The number of anilines is 15. The van der Waals surface area contributed by atoms with Crippen molar-refractivity contribution in [2.24, 2.45) is 0 Å². The molecule has 6 nitrogen and oxygen atoms in total. The molecular formula is C72H59BrN6. The molecule has 0 aliphatic rings. The minimum Gasteiger partial charge on any atom is -0.356 e. The molecule has 7 heteroatoms. The molecule has 0 unspecified atom stereocenters. The number of hydrogen-bond donors (Lipinski definition) is 3. The molecule has 79 heavy (non-hydrogen) atoms. The molecule has 0 aromatic heterocycles. The minimum absolute atomic E-state index is 1.05. The lowest BCUT2D eigenvalue weighted by atomic mass is 10.1. The average molecular weight is 1090 g/mol. The fourth-order valence-corrected chi connectivity index (χ4v) is 9.40. The standard InChI is InChI=1S/C36H29N3.C18H14BrN.C18H16N2/c1-5-14-29(15-6-1)37-30-24-26-34(27-25-30)39(33-20-11-4-12-21-33)36-23-13-22-35(28-36)38(31-16-7-2-8-17-31)32-18-9-3-10-19-32;19-15-8-7-13-18(14-15)20(16-9-3-1-4-10-16)17-11-5-2-6-12-17;1-3-7-15(8-4-1)19-17-11-13-18(14-12-17)20-16-9-5-2-6-10-16/h1-28,37H;1-14H;1-14,19-20H. The number of hydrogen-bond acceptors (Lipinski definition) is 6. The van der Waals surface area contributed by atoms with Crippen molar-refractivity contribution in [3.05, 3.63) is 344 Å². The van der Waals surface area contributed by atoms with E-state index < -0.39 is 0 Å². The second-order valence-corrected chi connectivity index (χ2v) is 19.2. The van der Waals surface area contributed by atoms with Crippen LogP contribution in [0.15, 0.2) is 344 Å². The largest absolute Gasteiger partial charge is 0.356 e. The van der Waals surface area contributed by atoms with Crippen molar-refractivity contribution in [1.29, 1.82) is 0 Å². The summed E-state index contributed by atoms with van der Waals surface area (Å²) in [4.78, 5) is 6.83. The maximum absolute atomic E-state index is 3.55. The Bertz CT molecular complexity index is 3530. The molecule has 0 spiro atoms. The summed E-state index contributed by atoms with van der Waals surface area (Å²) in [6.45, 7) is 0. The number of benzene rings is 12. The van der Waals surface area contributed by atoms with Gasteiger partial charge in [-0.05, 0) is 182 Å². The van der Waals surface area contributed by atoms with Gasteiger partial charge in [0.25, 0.3) is 0 Å². The predicted octanol–water partition coefficient (Wildman–Crippen LogP) is 21.5. The summed E-state index contributed by atoms with van der Waals surface area (Å²) in [5, 5.41) is 10.2. The van der Waals surface area contributed by atoms with E-state index in [9.17, 15) is 0 Å². The van der Waals surface area contributed by atoms with Crippen LogP contribution in [0.2, 0.25) is 0 Å². The quantitative estimate of drug-likeness (QED) is 0.0951. The minimum atomic E-state index is 1.05. The molecule has 0 bridgehead atoms. The van der Waals surface area contributed by atoms with E-state index in [-0.39, 0.29) is 0 Å². The molecule has 0 aliphatic heterocycles. The van der Waals surface area contributed by atoms with Gasteiger partial charge in [0.15, 0.2) is 0 Å². The van der Waals surface area contributed by atoms with E-state index in [4.69, 9.17) is 0 Å². The van der Waals surface area contributed by atoms with E-state index in [0.29, 0.717) is 0 Å². The lowest BCUT2D eigenvalue weighted by molar-refractivity contribution is 1.25. The monoisotopic (exact) mass is 1090 g/mol. The predicted molar refractivity (Wildman–Crippen MR) is 340 cm³/mol. The number of para-hydroxylation sites is 8. The Morgan fingerprint density at radius 1 is 0.177 bits per heavy atom. The van der Waals surface area contributed by atoms with Gasteiger partial charge in [-0.3, -0.25) is 0 Å². The first-order valence-electron chi connectivity index (χ1n) is 26.3. The highest BCUT2D eigenvalue weighted by molar-refractivity contribution is 9.10. The summed E-state index contributed by atoms with van der Waals surface area (Å²) in [5.74, 6) is 0. The SMILES string of the molecule is Brc1cccc(N(c2ccccc2)c2ccccc2)c1.c1ccc(Nc2ccc(N(c3ccccc3)c3cccc(N(c4ccccc4)c4ccccc4)c3)cc2)cc1.c1ccc(Nc2ccc(Nc3ccccc3)cc2)cc1. The molecular weight excluding hydrogens is 1030 g/mol. The van der Waals surface area contributed by atoms with Crippen molar-refractivity contribution in [3.8, 4) is 0 Å². The summed E-state index contributed by atoms with van der Waals surface area (Å²) in [7, 11) is 0. The normalized spacial score (nSPS) is 10.3. The first kappa shape index (κ1) is 52.4. The molecule has 12 aromatic rings. The maximum Gasteiger partial charge on any atom is 0.0482 e. The molecule has 12 rings (SSSR count). The van der Waals surface area contributed by atoms with E-state index in [1.807, 2.05) is 72.8 Å². The number of nitrogens with one attached hydrogen (secondary N) is 3. The second-order valence-electron chi connectivity index (χ2n) is 18.3. The molecule has 0 amide bonds. The highest BCUT2D eigenvalue weighted by atomic mass is 79.9. The third-order valence-corrected chi connectivity index (χ3v) is 13.2. The van der Waals surface area contributed by atoms with E-state index in [1.54, 1.807) is 0 Å². The van der Waals surface area contributed by atoms with E-state index >= 15 is 0 Å². The van der Waals surface area contributed by atoms with Gasteiger partial charge in [-0.15, -0.1) is 0 Å². The van der Waals surface area contributed by atoms with Crippen LogP contribution in [-0.4, -0.2) is 0 Å². The third-order valence-electron chi connectivity index (χ3n) is 12.7. The molecule has 12 aromatic carbocycles. The van der Waals surface area contributed by atoms with Crippen LogP contribution >= 0.6 is 15.9 Å². The van der Waals surface area contributed by atoms with Gasteiger partial charge in [0.2, 0.25) is 0 Å². The zero-order chi connectivity index (χ0) is 53.7. The van der Waals surface area contributed by atoms with Gasteiger partial charge in [-0.2, -0.15) is 0 Å². The summed E-state index contributed by atoms with van der Waals surface area (Å²) in [6.07, 6.45) is 0. The first-order valence-corrected chi connectivity index (χ1v) is 27.1. The Kier molecular flexibility index (Phi) is 18.0. The molecule has 0 heterocycles. The summed E-state index contributed by atoms with van der Waals surface area (Å²) < 4.78 is 1.08. The van der Waals surface area contributed by atoms with Gasteiger partial charge in [0.1, 0.15) is 0 Å². The fourth-order valence-electron chi connectivity index (χ4n) is 9.01. The highest BCUT2D eigenvalue weighted by Crippen LogP contribution is 2.41. The van der Waals surface area contributed by atoms with Crippen LogP contribution in [0.25, 0.3) is 0 Å². The first-order chi connectivity index (χ1) is 39.1. The molecule has 0 saturated heterocycles. The van der Waals surface area contributed by atoms with Crippen LogP contribution in [0, 0.1) is 0 Å². The number of nitrogens with zero attached hydrogens (tertiary/aromatic N) is 3. The molecule has 0 aliphatic carbocycles. The molecule has 384 valence electrons. The summed E-state index contributed by atoms with van der Waals surface area (Å²) in [5.41, 5.74) is 16.5. The van der Waals surface area contributed by atoms with Crippen LogP contribution in [0.3, 0.4) is 0 Å². The van der Waals surface area contributed by atoms with Crippen LogP contribution in [0.5, 0.6) is 0 Å². The number of rotatable bonds is 15. The molecule has 0 fully saturated rings. The lowest BCUT2D eigenvalue weighted by Gasteiger charge is -2.29. The Morgan fingerprint density at radius 2 is 0.380 bits per heavy atom. The second kappa shape index (κ2) is 27.1. The summed E-state index contributed by atoms with van der Waals surface area (Å²) >= 11 is 3.55. The maximum atomic E-state index is 3.55. The van der Waals surface area contributed by atoms with Crippen molar-refractivity contribution in [1.82, 2.24) is 0 Å². The van der Waals surface area contributed by atoms with Gasteiger partial charge in [0.05, 0.1) is 0 Å². The van der Waals surface area contributed by atoms with Crippen molar-refractivity contribution >= 4 is 101 Å². The Balaban J connectivity index is 0.000000148. The third kappa shape index (κ3) is 14.7. The highest BCUT2D eigenvalue weighted by Gasteiger charge is 2.17. The molecule has 0 radical (unpaired) electrons. The Labute approximate surface area is 473 Å².